The first-order valence-corrected chi connectivity index (χ1v) is 16.4. The van der Waals surface area contributed by atoms with Gasteiger partial charge in [-0.25, -0.2) is 4.99 Å². The molecule has 3 aliphatic heterocycles. The van der Waals surface area contributed by atoms with Crippen molar-refractivity contribution in [2.45, 2.75) is 101 Å². The van der Waals surface area contributed by atoms with Crippen LogP contribution in [0.25, 0.3) is 11.4 Å². The van der Waals surface area contributed by atoms with Crippen molar-refractivity contribution in [1.29, 1.82) is 0 Å². The number of rotatable bonds is 6. The van der Waals surface area contributed by atoms with Crippen LogP contribution in [0, 0.1) is 23.2 Å². The van der Waals surface area contributed by atoms with Gasteiger partial charge in [0.15, 0.2) is 5.82 Å². The van der Waals surface area contributed by atoms with E-state index in [0.29, 0.717) is 17.6 Å². The second kappa shape index (κ2) is 10.6. The van der Waals surface area contributed by atoms with Crippen LogP contribution in [0.5, 0.6) is 5.75 Å². The molecular formula is C37H50N6O. The molecule has 4 heterocycles. The van der Waals surface area contributed by atoms with Crippen LogP contribution in [0.4, 0.5) is 11.4 Å². The van der Waals surface area contributed by atoms with E-state index in [1.54, 1.807) is 7.11 Å². The Morgan fingerprint density at radius 3 is 2.25 bits per heavy atom. The van der Waals surface area contributed by atoms with Gasteiger partial charge in [0.2, 0.25) is 5.82 Å². The molecule has 7 heteroatoms. The summed E-state index contributed by atoms with van der Waals surface area (Å²) in [6.45, 7) is 25.1. The van der Waals surface area contributed by atoms with Crippen molar-refractivity contribution >= 4 is 22.8 Å². The molecule has 44 heavy (non-hydrogen) atoms. The molecule has 0 fully saturated rings. The lowest BCUT2D eigenvalue weighted by molar-refractivity contribution is 0.289. The minimum atomic E-state index is -0.241. The third kappa shape index (κ3) is 5.16. The Morgan fingerprint density at radius 1 is 0.955 bits per heavy atom. The Morgan fingerprint density at radius 2 is 1.61 bits per heavy atom. The summed E-state index contributed by atoms with van der Waals surface area (Å²) in [5.74, 6) is 2.62. The van der Waals surface area contributed by atoms with Crippen molar-refractivity contribution in [2.24, 2.45) is 26.3 Å². The Balaban J connectivity index is 1.53. The number of methoxy groups -OCH3 is 1. The largest absolute Gasteiger partial charge is 0.496 e. The van der Waals surface area contributed by atoms with Crippen LogP contribution < -0.4 is 9.64 Å². The van der Waals surface area contributed by atoms with Gasteiger partial charge in [0.1, 0.15) is 11.5 Å². The molecule has 0 amide bonds. The molecule has 7 nitrogen and oxygen atoms in total. The van der Waals surface area contributed by atoms with E-state index in [4.69, 9.17) is 25.0 Å². The lowest BCUT2D eigenvalue weighted by atomic mass is 9.72. The summed E-state index contributed by atoms with van der Waals surface area (Å²) in [6.07, 6.45) is 4.27. The first-order chi connectivity index (χ1) is 20.7. The van der Waals surface area contributed by atoms with Gasteiger partial charge in [0.25, 0.3) is 0 Å². The maximum atomic E-state index is 5.83. The second-order valence-electron chi connectivity index (χ2n) is 15.8. The molecule has 0 radical (unpaired) electrons. The van der Waals surface area contributed by atoms with Crippen LogP contribution >= 0.6 is 0 Å². The van der Waals surface area contributed by atoms with Crippen molar-refractivity contribution in [3.05, 3.63) is 52.3 Å². The van der Waals surface area contributed by atoms with E-state index in [1.807, 2.05) is 4.68 Å². The lowest BCUT2D eigenvalue weighted by Gasteiger charge is -2.49. The summed E-state index contributed by atoms with van der Waals surface area (Å²) < 4.78 is 7.71. The zero-order valence-corrected chi connectivity index (χ0v) is 28.7. The van der Waals surface area contributed by atoms with E-state index in [1.165, 1.54) is 27.9 Å². The zero-order chi connectivity index (χ0) is 31.8. The molecule has 234 valence electrons. The number of anilines is 1. The number of hydrogen-bond donors (Lipinski definition) is 0. The lowest BCUT2D eigenvalue weighted by Crippen LogP contribution is -2.48. The minimum Gasteiger partial charge on any atom is -0.496 e. The SMILES string of the molecule is CCC(CC)c1ccc(OC)c(-c2nnc3n2N=C(C(C)(C)C)C3=Nc2cc3c4c(c2C)CC(C)(C)CN4CC(C)(C)C3)c1. The van der Waals surface area contributed by atoms with Crippen LogP contribution in [0.3, 0.4) is 0 Å². The Bertz CT molecular complexity index is 1680. The molecule has 0 bridgehead atoms. The molecule has 0 saturated heterocycles. The summed E-state index contributed by atoms with van der Waals surface area (Å²) in [5, 5.41) is 14.6. The van der Waals surface area contributed by atoms with Crippen molar-refractivity contribution in [3.63, 3.8) is 0 Å². The summed E-state index contributed by atoms with van der Waals surface area (Å²) in [5.41, 5.74) is 10.7. The van der Waals surface area contributed by atoms with Crippen LogP contribution in [0.1, 0.15) is 109 Å². The van der Waals surface area contributed by atoms with Crippen molar-refractivity contribution in [3.8, 4) is 17.1 Å². The van der Waals surface area contributed by atoms with Gasteiger partial charge in [-0.1, -0.05) is 68.4 Å². The number of benzene rings is 2. The molecule has 6 rings (SSSR count). The molecule has 0 saturated carbocycles. The number of hydrogen-bond acceptors (Lipinski definition) is 6. The monoisotopic (exact) mass is 594 g/mol. The second-order valence-corrected chi connectivity index (χ2v) is 15.8. The molecule has 0 unspecified atom stereocenters. The molecule has 0 aliphatic carbocycles. The van der Waals surface area contributed by atoms with E-state index < -0.39 is 0 Å². The average Bonchev–Trinajstić information content (AvgIpc) is 3.50. The van der Waals surface area contributed by atoms with E-state index in [0.717, 1.165) is 67.2 Å². The topological polar surface area (TPSA) is 67.9 Å². The highest BCUT2D eigenvalue weighted by Crippen LogP contribution is 2.49. The zero-order valence-electron chi connectivity index (χ0n) is 28.7. The molecule has 3 aliphatic rings. The first-order valence-electron chi connectivity index (χ1n) is 16.4. The minimum absolute atomic E-state index is 0.205. The Kier molecular flexibility index (Phi) is 7.33. The Labute approximate surface area is 263 Å². The van der Waals surface area contributed by atoms with Gasteiger partial charge in [0, 0.05) is 24.2 Å². The van der Waals surface area contributed by atoms with E-state index in [9.17, 15) is 0 Å². The van der Waals surface area contributed by atoms with Gasteiger partial charge in [-0.2, -0.15) is 9.78 Å². The molecule has 0 N–H and O–H groups in total. The van der Waals surface area contributed by atoms with Crippen LogP contribution in [-0.4, -0.2) is 46.5 Å². The van der Waals surface area contributed by atoms with Gasteiger partial charge in [-0.3, -0.25) is 0 Å². The van der Waals surface area contributed by atoms with Gasteiger partial charge in [-0.15, -0.1) is 10.2 Å². The first kappa shape index (κ1) is 30.5. The fourth-order valence-corrected chi connectivity index (χ4v) is 7.67. The van der Waals surface area contributed by atoms with Gasteiger partial charge >= 0.3 is 0 Å². The predicted octanol–water partition coefficient (Wildman–Crippen LogP) is 8.52. The maximum absolute atomic E-state index is 5.83. The number of ether oxygens (including phenoxy) is 1. The highest BCUT2D eigenvalue weighted by molar-refractivity contribution is 6.50. The predicted molar refractivity (Wildman–Crippen MR) is 182 cm³/mol. The normalized spacial score (nSPS) is 19.3. The van der Waals surface area contributed by atoms with E-state index >= 15 is 0 Å². The smallest absolute Gasteiger partial charge is 0.205 e. The number of aromatic nitrogens is 3. The fourth-order valence-electron chi connectivity index (χ4n) is 7.67. The van der Waals surface area contributed by atoms with Crippen LogP contribution in [0.15, 0.2) is 34.4 Å². The summed E-state index contributed by atoms with van der Waals surface area (Å²) in [7, 11) is 1.71. The number of aliphatic imine (C=N–C) groups is 1. The highest BCUT2D eigenvalue weighted by Gasteiger charge is 2.41. The molecule has 0 atom stereocenters. The van der Waals surface area contributed by atoms with Gasteiger partial charge in [0.05, 0.1) is 24.1 Å². The molecule has 1 aromatic heterocycles. The van der Waals surface area contributed by atoms with Crippen LogP contribution in [-0.2, 0) is 12.8 Å². The maximum Gasteiger partial charge on any atom is 0.205 e. The van der Waals surface area contributed by atoms with Crippen LogP contribution in [0.2, 0.25) is 0 Å². The van der Waals surface area contributed by atoms with Gasteiger partial charge in [-0.05, 0) is 89.8 Å². The molecule has 3 aromatic rings. The molecular weight excluding hydrogens is 544 g/mol. The van der Waals surface area contributed by atoms with Crippen molar-refractivity contribution in [1.82, 2.24) is 14.9 Å². The third-order valence-corrected chi connectivity index (χ3v) is 9.76. The van der Waals surface area contributed by atoms with Crippen molar-refractivity contribution < 1.29 is 4.74 Å². The standard InChI is InChI=1S/C37H50N6O/c1-12-23(13-2)24-14-15-29(44-11)26(16-24)33-39-40-34-30(32(35(4,5)6)41-43(33)34)38-28-17-25-18-36(7,8)20-42-21-37(9,10)19-27(22(28)3)31(25)42/h14-17,23H,12-13,18-21H2,1-11H3. The summed E-state index contributed by atoms with van der Waals surface area (Å²) in [6, 6.07) is 8.78. The number of nitrogens with zero attached hydrogens (tertiary/aromatic N) is 6. The van der Waals surface area contributed by atoms with Crippen molar-refractivity contribution in [2.75, 3.05) is 25.1 Å². The van der Waals surface area contributed by atoms with Gasteiger partial charge < -0.3 is 9.64 Å². The molecule has 2 aromatic carbocycles. The van der Waals surface area contributed by atoms with E-state index in [-0.39, 0.29) is 16.2 Å². The fraction of sp³-hybridized carbons (Fsp3) is 0.568. The number of fused-ring (bicyclic) bond motifs is 1. The highest BCUT2D eigenvalue weighted by atomic mass is 16.5. The average molecular weight is 595 g/mol. The third-order valence-electron chi connectivity index (χ3n) is 9.76. The quantitative estimate of drug-likeness (QED) is 0.287. The molecule has 0 spiro atoms. The Hall–Kier alpha value is -3.48. The summed E-state index contributed by atoms with van der Waals surface area (Å²) in [4.78, 5) is 8.09. The van der Waals surface area contributed by atoms with E-state index in [2.05, 4.69) is 98.4 Å². The summed E-state index contributed by atoms with van der Waals surface area (Å²) >= 11 is 0.